The molecule has 6 nitrogen and oxygen atoms in total. The average molecular weight is 387 g/mol. The zero-order chi connectivity index (χ0) is 19.2. The van der Waals surface area contributed by atoms with Gasteiger partial charge in [0.25, 0.3) is 5.22 Å². The Balaban J connectivity index is 1.61. The van der Waals surface area contributed by atoms with E-state index in [-0.39, 0.29) is 11.1 Å². The lowest BCUT2D eigenvalue weighted by Gasteiger charge is -2.09. The number of carbonyl (C=O) groups excluding carboxylic acids is 1. The van der Waals surface area contributed by atoms with E-state index in [9.17, 15) is 9.18 Å². The Bertz CT molecular complexity index is 915. The van der Waals surface area contributed by atoms with Crippen LogP contribution in [0.15, 0.2) is 58.2 Å². The molecule has 1 aromatic heterocycles. The van der Waals surface area contributed by atoms with Crippen molar-refractivity contribution >= 4 is 23.4 Å². The van der Waals surface area contributed by atoms with Crippen molar-refractivity contribution in [1.82, 2.24) is 10.2 Å². The Morgan fingerprint density at radius 1 is 1.26 bits per heavy atom. The first-order chi connectivity index (χ1) is 13.0. The highest BCUT2D eigenvalue weighted by Crippen LogP contribution is 2.27. The first-order valence-electron chi connectivity index (χ1n) is 8.35. The fourth-order valence-corrected chi connectivity index (χ4v) is 2.93. The first-order valence-corrected chi connectivity index (χ1v) is 9.23. The van der Waals surface area contributed by atoms with E-state index in [1.165, 1.54) is 18.2 Å². The second-order valence-electron chi connectivity index (χ2n) is 5.59. The summed E-state index contributed by atoms with van der Waals surface area (Å²) in [5.41, 5.74) is 1.16. The number of amides is 1. The maximum Gasteiger partial charge on any atom is 0.277 e. The Morgan fingerprint density at radius 2 is 2.04 bits per heavy atom. The minimum absolute atomic E-state index is 0.278. The number of thioether (sulfide) groups is 1. The van der Waals surface area contributed by atoms with E-state index in [2.05, 4.69) is 15.5 Å². The smallest absolute Gasteiger partial charge is 0.277 e. The Morgan fingerprint density at radius 3 is 2.74 bits per heavy atom. The van der Waals surface area contributed by atoms with Crippen LogP contribution < -0.4 is 10.1 Å². The minimum atomic E-state index is -0.498. The van der Waals surface area contributed by atoms with Gasteiger partial charge in [0.1, 0.15) is 11.6 Å². The van der Waals surface area contributed by atoms with Gasteiger partial charge in [0.15, 0.2) is 0 Å². The molecule has 0 saturated heterocycles. The summed E-state index contributed by atoms with van der Waals surface area (Å²) < 4.78 is 24.2. The lowest BCUT2D eigenvalue weighted by molar-refractivity contribution is -0.115. The molecule has 0 bridgehead atoms. The van der Waals surface area contributed by atoms with Crippen molar-refractivity contribution in [2.45, 2.75) is 24.3 Å². The second-order valence-corrected chi connectivity index (χ2v) is 6.88. The van der Waals surface area contributed by atoms with Gasteiger partial charge in [0.2, 0.25) is 11.8 Å². The van der Waals surface area contributed by atoms with Crippen LogP contribution in [0, 0.1) is 5.82 Å². The van der Waals surface area contributed by atoms with Crippen LogP contribution in [0.1, 0.15) is 13.8 Å². The zero-order valence-electron chi connectivity index (χ0n) is 14.8. The van der Waals surface area contributed by atoms with Crippen molar-refractivity contribution in [1.29, 1.82) is 0 Å². The number of aromatic nitrogens is 2. The summed E-state index contributed by atoms with van der Waals surface area (Å²) >= 11 is 1.13. The molecule has 0 saturated carbocycles. The number of nitrogens with zero attached hydrogens (tertiary/aromatic N) is 2. The van der Waals surface area contributed by atoms with Crippen LogP contribution in [-0.4, -0.2) is 28.0 Å². The number of rotatable bonds is 7. The molecule has 2 aromatic carbocycles. The molecule has 8 heteroatoms. The summed E-state index contributed by atoms with van der Waals surface area (Å²) in [6, 6.07) is 13.0. The number of anilines is 1. The Labute approximate surface area is 160 Å². The van der Waals surface area contributed by atoms with Gasteiger partial charge in [0, 0.05) is 11.3 Å². The van der Waals surface area contributed by atoms with E-state index >= 15 is 0 Å². The molecule has 3 aromatic rings. The quantitative estimate of drug-likeness (QED) is 0.606. The largest absolute Gasteiger partial charge is 0.494 e. The summed E-state index contributed by atoms with van der Waals surface area (Å²) in [6.07, 6.45) is 0. The first kappa shape index (κ1) is 18.9. The normalized spacial score (nSPS) is 11.8. The minimum Gasteiger partial charge on any atom is -0.494 e. The molecule has 0 aliphatic heterocycles. The molecule has 27 heavy (non-hydrogen) atoms. The van der Waals surface area contributed by atoms with Crippen molar-refractivity contribution in [3.8, 4) is 17.2 Å². The lowest BCUT2D eigenvalue weighted by Crippen LogP contribution is -2.22. The molecule has 140 valence electrons. The van der Waals surface area contributed by atoms with Crippen molar-refractivity contribution in [3.05, 3.63) is 54.3 Å². The molecule has 1 atom stereocenters. The molecule has 1 amide bonds. The van der Waals surface area contributed by atoms with E-state index < -0.39 is 11.1 Å². The van der Waals surface area contributed by atoms with Gasteiger partial charge in [-0.1, -0.05) is 17.8 Å². The van der Waals surface area contributed by atoms with Crippen LogP contribution in [-0.2, 0) is 4.79 Å². The van der Waals surface area contributed by atoms with Gasteiger partial charge in [0.05, 0.1) is 11.9 Å². The highest BCUT2D eigenvalue weighted by atomic mass is 32.2. The zero-order valence-corrected chi connectivity index (χ0v) is 15.6. The average Bonchev–Trinajstić information content (AvgIpc) is 3.11. The van der Waals surface area contributed by atoms with Crippen LogP contribution in [0.3, 0.4) is 0 Å². The molecule has 1 heterocycles. The van der Waals surface area contributed by atoms with Gasteiger partial charge in [-0.3, -0.25) is 4.79 Å². The third-order valence-electron chi connectivity index (χ3n) is 3.56. The van der Waals surface area contributed by atoms with Gasteiger partial charge in [-0.15, -0.1) is 10.2 Å². The molecular weight excluding hydrogens is 369 g/mol. The predicted molar refractivity (Wildman–Crippen MR) is 101 cm³/mol. The van der Waals surface area contributed by atoms with Gasteiger partial charge in [-0.05, 0) is 56.3 Å². The van der Waals surface area contributed by atoms with Gasteiger partial charge in [-0.2, -0.15) is 0 Å². The predicted octanol–water partition coefficient (Wildman–Crippen LogP) is 4.39. The van der Waals surface area contributed by atoms with E-state index in [1.54, 1.807) is 13.0 Å². The number of nitrogens with one attached hydrogen (secondary N) is 1. The fraction of sp³-hybridized carbons (Fsp3) is 0.211. The van der Waals surface area contributed by atoms with Crippen molar-refractivity contribution in [2.24, 2.45) is 0 Å². The standard InChI is InChI=1S/C19H18FN3O3S/c1-3-25-16-9-7-13(8-10-16)18-22-23-19(26-18)27-12(2)17(24)21-15-6-4-5-14(20)11-15/h4-12H,3H2,1-2H3,(H,21,24)/t12-/m1/s1. The number of carbonyl (C=O) groups is 1. The highest BCUT2D eigenvalue weighted by molar-refractivity contribution is 8.00. The van der Waals surface area contributed by atoms with Crippen LogP contribution >= 0.6 is 11.8 Å². The molecule has 0 fully saturated rings. The summed E-state index contributed by atoms with van der Waals surface area (Å²) in [5, 5.41) is 10.4. The topological polar surface area (TPSA) is 77.2 Å². The van der Waals surface area contributed by atoms with E-state index in [0.29, 0.717) is 18.2 Å². The summed E-state index contributed by atoms with van der Waals surface area (Å²) in [4.78, 5) is 12.2. The van der Waals surface area contributed by atoms with Crippen LogP contribution in [0.25, 0.3) is 11.5 Å². The van der Waals surface area contributed by atoms with Crippen molar-refractivity contribution in [3.63, 3.8) is 0 Å². The number of hydrogen-bond acceptors (Lipinski definition) is 6. The molecule has 0 aliphatic rings. The molecule has 0 aliphatic carbocycles. The number of halogens is 1. The van der Waals surface area contributed by atoms with Crippen molar-refractivity contribution in [2.75, 3.05) is 11.9 Å². The third-order valence-corrected chi connectivity index (χ3v) is 4.49. The molecule has 3 rings (SSSR count). The van der Waals surface area contributed by atoms with Gasteiger partial charge in [-0.25, -0.2) is 4.39 Å². The SMILES string of the molecule is CCOc1ccc(-c2nnc(S[C@H](C)C(=O)Nc3cccc(F)c3)o2)cc1. The van der Waals surface area contributed by atoms with E-state index in [4.69, 9.17) is 9.15 Å². The number of hydrogen-bond donors (Lipinski definition) is 1. The highest BCUT2D eigenvalue weighted by Gasteiger charge is 2.19. The fourth-order valence-electron chi connectivity index (χ4n) is 2.25. The molecular formula is C19H18FN3O3S. The molecule has 0 radical (unpaired) electrons. The summed E-state index contributed by atoms with van der Waals surface area (Å²) in [7, 11) is 0. The van der Waals surface area contributed by atoms with Crippen molar-refractivity contribution < 1.29 is 18.3 Å². The molecule has 1 N–H and O–H groups in total. The lowest BCUT2D eigenvalue weighted by atomic mass is 10.2. The second kappa shape index (κ2) is 8.68. The molecule has 0 spiro atoms. The van der Waals surface area contributed by atoms with Gasteiger partial charge >= 0.3 is 0 Å². The van der Waals surface area contributed by atoms with Gasteiger partial charge < -0.3 is 14.5 Å². The van der Waals surface area contributed by atoms with Crippen LogP contribution in [0.4, 0.5) is 10.1 Å². The number of benzene rings is 2. The van der Waals surface area contributed by atoms with E-state index in [1.807, 2.05) is 31.2 Å². The maximum atomic E-state index is 13.2. The maximum absolute atomic E-state index is 13.2. The monoisotopic (exact) mass is 387 g/mol. The third kappa shape index (κ3) is 5.07. The Kier molecular flexibility index (Phi) is 6.08. The van der Waals surface area contributed by atoms with Crippen LogP contribution in [0.5, 0.6) is 5.75 Å². The summed E-state index contributed by atoms with van der Waals surface area (Å²) in [6.45, 7) is 4.22. The molecule has 0 unspecified atom stereocenters. The summed E-state index contributed by atoms with van der Waals surface area (Å²) in [5.74, 6) is 0.424. The Hall–Kier alpha value is -2.87. The van der Waals surface area contributed by atoms with Crippen LogP contribution in [0.2, 0.25) is 0 Å². The van der Waals surface area contributed by atoms with E-state index in [0.717, 1.165) is 23.1 Å². The number of ether oxygens (including phenoxy) is 1.